The van der Waals surface area contributed by atoms with Gasteiger partial charge in [-0.1, -0.05) is 0 Å². The van der Waals surface area contributed by atoms with Gasteiger partial charge in [-0.2, -0.15) is 9.98 Å². The molecule has 0 aromatic carbocycles. The summed E-state index contributed by atoms with van der Waals surface area (Å²) in [5.41, 5.74) is -2.24. The fourth-order valence-corrected chi connectivity index (χ4v) is 2.25. The molecular formula is C10H10N4O7. The second kappa shape index (κ2) is 4.66. The van der Waals surface area contributed by atoms with Crippen LogP contribution in [0.2, 0.25) is 0 Å². The number of carbonyl (C=O) groups excluding carboxylic acids is 1. The van der Waals surface area contributed by atoms with Gasteiger partial charge in [0.05, 0.1) is 6.61 Å². The van der Waals surface area contributed by atoms with E-state index in [1.54, 1.807) is 0 Å². The Morgan fingerprint density at radius 1 is 1.19 bits per heavy atom. The van der Waals surface area contributed by atoms with Crippen molar-refractivity contribution in [3.8, 4) is 0 Å². The molecule has 21 heavy (non-hydrogen) atoms. The van der Waals surface area contributed by atoms with Gasteiger partial charge in [-0.3, -0.25) is 9.78 Å². The number of urea groups is 1. The first-order valence-corrected chi connectivity index (χ1v) is 5.92. The average Bonchev–Trinajstić information content (AvgIpc) is 2.93. The Kier molecular flexibility index (Phi) is 3.06. The van der Waals surface area contributed by atoms with E-state index >= 15 is 0 Å². The van der Waals surface area contributed by atoms with Gasteiger partial charge in [0.25, 0.3) is 5.56 Å². The monoisotopic (exact) mass is 298 g/mol. The van der Waals surface area contributed by atoms with E-state index in [9.17, 15) is 24.6 Å². The van der Waals surface area contributed by atoms with E-state index in [4.69, 9.17) is 9.84 Å². The molecule has 112 valence electrons. The van der Waals surface area contributed by atoms with E-state index in [0.29, 0.717) is 4.57 Å². The maximum absolute atomic E-state index is 12.2. The minimum absolute atomic E-state index is 0.266. The molecule has 2 aliphatic heterocycles. The number of aliphatic hydroxyl groups excluding tert-OH is 3. The van der Waals surface area contributed by atoms with Crippen LogP contribution >= 0.6 is 0 Å². The molecule has 3 heterocycles. The predicted molar refractivity (Wildman–Crippen MR) is 62.0 cm³/mol. The van der Waals surface area contributed by atoms with Crippen LogP contribution in [-0.4, -0.2) is 55.8 Å². The Labute approximate surface area is 114 Å². The zero-order chi connectivity index (χ0) is 15.3. The van der Waals surface area contributed by atoms with Gasteiger partial charge in [0.15, 0.2) is 17.1 Å². The molecule has 4 atom stereocenters. The molecule has 0 unspecified atom stereocenters. The van der Waals surface area contributed by atoms with Crippen molar-refractivity contribution >= 4 is 6.03 Å². The SMILES string of the molecule is O=C1N=c2[nH]c(=O)n([C@@H]3O[C@H](CO)[C@@H](O)[C@H]3O)c(=O)c2=N1. The van der Waals surface area contributed by atoms with Gasteiger partial charge in [-0.05, 0) is 0 Å². The normalized spacial score (nSPS) is 30.9. The summed E-state index contributed by atoms with van der Waals surface area (Å²) < 4.78 is 5.59. The van der Waals surface area contributed by atoms with Crippen molar-refractivity contribution in [2.24, 2.45) is 9.98 Å². The van der Waals surface area contributed by atoms with Crippen LogP contribution in [0.3, 0.4) is 0 Å². The lowest BCUT2D eigenvalue weighted by Gasteiger charge is -2.15. The maximum atomic E-state index is 12.2. The van der Waals surface area contributed by atoms with Crippen molar-refractivity contribution in [3.05, 3.63) is 31.7 Å². The molecular weight excluding hydrogens is 288 g/mol. The van der Waals surface area contributed by atoms with Crippen molar-refractivity contribution in [2.45, 2.75) is 24.5 Å². The quantitative estimate of drug-likeness (QED) is 0.427. The summed E-state index contributed by atoms with van der Waals surface area (Å²) in [6, 6.07) is -0.934. The lowest BCUT2D eigenvalue weighted by molar-refractivity contribution is -0.0567. The second-order valence-electron chi connectivity index (χ2n) is 4.54. The number of nitrogens with zero attached hydrogens (tertiary/aromatic N) is 3. The summed E-state index contributed by atoms with van der Waals surface area (Å²) in [5, 5.41) is 28.1. The zero-order valence-electron chi connectivity index (χ0n) is 10.3. The number of aliphatic hydroxyl groups is 3. The number of aromatic amines is 1. The van der Waals surface area contributed by atoms with Crippen LogP contribution in [0, 0.1) is 0 Å². The highest BCUT2D eigenvalue weighted by molar-refractivity contribution is 5.77. The topological polar surface area (TPSA) is 167 Å². The van der Waals surface area contributed by atoms with Crippen LogP contribution in [0.1, 0.15) is 6.23 Å². The number of aromatic nitrogens is 2. The van der Waals surface area contributed by atoms with Crippen LogP contribution in [-0.2, 0) is 4.74 Å². The Morgan fingerprint density at radius 3 is 2.52 bits per heavy atom. The Bertz CT molecular complexity index is 840. The standard InChI is InChI=1S/C10H10N4O7/c15-1-2-4(16)5(17)8(21-2)14-7(18)3-6(13-10(14)20)12-9(19)11-3/h2,4-5,8,15-17H,1H2,(H,12,13,19,20)/t2-,4-,5-,8-/m1/s1. The number of rotatable bonds is 2. The summed E-state index contributed by atoms with van der Waals surface area (Å²) in [4.78, 5) is 44.0. The van der Waals surface area contributed by atoms with E-state index in [2.05, 4.69) is 15.0 Å². The van der Waals surface area contributed by atoms with Crippen LogP contribution in [0.4, 0.5) is 4.79 Å². The van der Waals surface area contributed by atoms with Crippen LogP contribution in [0.25, 0.3) is 0 Å². The minimum atomic E-state index is -1.60. The van der Waals surface area contributed by atoms with Gasteiger partial charge in [0.2, 0.25) is 0 Å². The van der Waals surface area contributed by atoms with E-state index in [1.165, 1.54) is 0 Å². The number of hydrogen-bond donors (Lipinski definition) is 4. The number of ether oxygens (including phenoxy) is 1. The maximum Gasteiger partial charge on any atom is 0.369 e. The average molecular weight is 298 g/mol. The molecule has 4 N–H and O–H groups in total. The molecule has 1 aromatic heterocycles. The summed E-state index contributed by atoms with van der Waals surface area (Å²) >= 11 is 0. The number of fused-ring (bicyclic) bond motifs is 1. The first-order valence-electron chi connectivity index (χ1n) is 5.92. The number of amides is 2. The molecule has 0 spiro atoms. The number of hydrogen-bond acceptors (Lipinski definition) is 7. The van der Waals surface area contributed by atoms with Gasteiger partial charge in [0, 0.05) is 0 Å². The van der Waals surface area contributed by atoms with Gasteiger partial charge in [-0.15, -0.1) is 0 Å². The number of carbonyl (C=O) groups is 1. The van der Waals surface area contributed by atoms with Gasteiger partial charge in [-0.25, -0.2) is 14.2 Å². The van der Waals surface area contributed by atoms with E-state index < -0.39 is 48.4 Å². The predicted octanol–water partition coefficient (Wildman–Crippen LogP) is -4.48. The lowest BCUT2D eigenvalue weighted by Crippen LogP contribution is -2.55. The molecule has 1 aromatic rings. The number of nitrogens with one attached hydrogen (secondary N) is 1. The first kappa shape index (κ1) is 13.8. The molecule has 11 heteroatoms. The minimum Gasteiger partial charge on any atom is -0.394 e. The van der Waals surface area contributed by atoms with Crippen LogP contribution < -0.4 is 22.1 Å². The third-order valence-corrected chi connectivity index (χ3v) is 3.28. The van der Waals surface area contributed by atoms with Crippen molar-refractivity contribution in [2.75, 3.05) is 6.61 Å². The molecule has 0 bridgehead atoms. The molecule has 0 aliphatic carbocycles. The lowest BCUT2D eigenvalue weighted by atomic mass is 10.1. The second-order valence-corrected chi connectivity index (χ2v) is 4.54. The third-order valence-electron chi connectivity index (χ3n) is 3.28. The summed E-state index contributed by atoms with van der Waals surface area (Å²) in [6.07, 6.45) is -5.73. The van der Waals surface area contributed by atoms with Crippen molar-refractivity contribution in [1.29, 1.82) is 0 Å². The molecule has 2 amide bonds. The van der Waals surface area contributed by atoms with Crippen molar-refractivity contribution in [3.63, 3.8) is 0 Å². The molecule has 11 nitrogen and oxygen atoms in total. The summed E-state index contributed by atoms with van der Waals surface area (Å²) in [6.45, 7) is -0.607. The number of H-pyrrole nitrogens is 1. The molecule has 3 rings (SSSR count). The highest BCUT2D eigenvalue weighted by Crippen LogP contribution is 2.26. The summed E-state index contributed by atoms with van der Waals surface area (Å²) in [7, 11) is 0. The van der Waals surface area contributed by atoms with Crippen molar-refractivity contribution < 1.29 is 24.9 Å². The van der Waals surface area contributed by atoms with Crippen LogP contribution in [0.15, 0.2) is 19.6 Å². The van der Waals surface area contributed by atoms with E-state index in [0.717, 1.165) is 0 Å². The smallest absolute Gasteiger partial charge is 0.369 e. The fourth-order valence-electron chi connectivity index (χ4n) is 2.25. The van der Waals surface area contributed by atoms with Crippen LogP contribution in [0.5, 0.6) is 0 Å². The zero-order valence-corrected chi connectivity index (χ0v) is 10.3. The van der Waals surface area contributed by atoms with Gasteiger partial charge in [0.1, 0.15) is 18.3 Å². The molecule has 1 fully saturated rings. The summed E-state index contributed by atoms with van der Waals surface area (Å²) in [5.74, 6) is 0. The fraction of sp³-hybridized carbons (Fsp3) is 0.500. The van der Waals surface area contributed by atoms with E-state index in [-0.39, 0.29) is 10.8 Å². The Hall–Kier alpha value is -2.21. The van der Waals surface area contributed by atoms with Gasteiger partial charge >= 0.3 is 11.7 Å². The highest BCUT2D eigenvalue weighted by Gasteiger charge is 2.44. The third kappa shape index (κ3) is 1.94. The Morgan fingerprint density at radius 2 is 1.90 bits per heavy atom. The largest absolute Gasteiger partial charge is 0.394 e. The Balaban J connectivity index is 2.19. The first-order chi connectivity index (χ1) is 9.93. The molecule has 0 radical (unpaired) electrons. The molecule has 0 saturated carbocycles. The molecule has 2 aliphatic rings. The molecule has 1 saturated heterocycles. The highest BCUT2D eigenvalue weighted by atomic mass is 16.6. The van der Waals surface area contributed by atoms with Gasteiger partial charge < -0.3 is 20.1 Å². The van der Waals surface area contributed by atoms with Crippen molar-refractivity contribution in [1.82, 2.24) is 9.55 Å². The van der Waals surface area contributed by atoms with E-state index in [1.807, 2.05) is 0 Å².